The Hall–Kier alpha value is -1.21. The van der Waals surface area contributed by atoms with E-state index in [1.54, 1.807) is 0 Å². The molecule has 1 aromatic heterocycles. The Labute approximate surface area is 155 Å². The highest BCUT2D eigenvalue weighted by atomic mass is 31.3. The largest absolute Gasteiger partial charge is 0.490 e. The minimum atomic E-state index is -5.61. The zero-order valence-corrected chi connectivity index (χ0v) is 16.5. The number of hydrogen-bond acceptors (Lipinski definition) is 9. The molecule has 18 heteroatoms. The molecule has 2 heterocycles. The van der Waals surface area contributed by atoms with E-state index in [2.05, 4.69) is 18.1 Å². The summed E-state index contributed by atoms with van der Waals surface area (Å²) in [5.74, 6) is 0. The van der Waals surface area contributed by atoms with Crippen LogP contribution < -0.4 is 11.2 Å². The second-order valence-electron chi connectivity index (χ2n) is 5.32. The van der Waals surface area contributed by atoms with Gasteiger partial charge in [0, 0.05) is 11.8 Å². The Morgan fingerprint density at radius 3 is 2.36 bits per heavy atom. The third-order valence-electron chi connectivity index (χ3n) is 3.04. The summed E-state index contributed by atoms with van der Waals surface area (Å²) < 4.78 is 51.3. The van der Waals surface area contributed by atoms with E-state index in [1.807, 2.05) is 0 Å². The van der Waals surface area contributed by atoms with E-state index in [9.17, 15) is 28.2 Å². The van der Waals surface area contributed by atoms with E-state index in [-0.39, 0.29) is 5.56 Å². The van der Waals surface area contributed by atoms with Crippen LogP contribution in [0.15, 0.2) is 27.9 Å². The quantitative estimate of drug-likeness (QED) is 0.245. The number of ether oxygens (including phenoxy) is 1. The first-order valence-electron chi connectivity index (χ1n) is 7.12. The number of hydrogen-bond donors (Lipinski definition) is 5. The zero-order valence-electron chi connectivity index (χ0n) is 13.8. The Bertz CT molecular complexity index is 1020. The number of nitrogens with one attached hydrogen (secondary N) is 1. The van der Waals surface area contributed by atoms with Crippen LogP contribution in [0.2, 0.25) is 0 Å². The summed E-state index contributed by atoms with van der Waals surface area (Å²) in [7, 11) is -16.4. The smallest absolute Gasteiger partial charge is 0.344 e. The van der Waals surface area contributed by atoms with Crippen LogP contribution in [0.1, 0.15) is 11.8 Å². The molecule has 158 valence electrons. The van der Waals surface area contributed by atoms with Crippen LogP contribution in [0.4, 0.5) is 0 Å². The van der Waals surface area contributed by atoms with Gasteiger partial charge >= 0.3 is 29.2 Å². The molecule has 0 fully saturated rings. The number of H-pyrrole nitrogens is 1. The molecule has 28 heavy (non-hydrogen) atoms. The number of phosphoric ester groups is 1. The minimum absolute atomic E-state index is 0.230. The predicted molar refractivity (Wildman–Crippen MR) is 88.9 cm³/mol. The Balaban J connectivity index is 1.97. The summed E-state index contributed by atoms with van der Waals surface area (Å²) in [6, 6.07) is 0. The topological polar surface area (TPSA) is 224 Å². The van der Waals surface area contributed by atoms with Crippen molar-refractivity contribution in [2.75, 3.05) is 6.61 Å². The highest BCUT2D eigenvalue weighted by molar-refractivity contribution is 7.66. The van der Waals surface area contributed by atoms with Crippen molar-refractivity contribution in [1.82, 2.24) is 9.55 Å². The standard InChI is InChI=1S/C10H15N2O13P3/c1-6-4-12(10(14)11-9(6)13)8-3-2-7(23-8)5-22-27(18,19)25-28(20,21)24-26(15,16)17/h2-4,7-8H,5H2,1H3,(H,18,19)(H,20,21)(H,11,13,14)(H2,15,16,17)/t7-,8-/m1/s1. The molecule has 0 saturated carbocycles. The van der Waals surface area contributed by atoms with Crippen molar-refractivity contribution in [2.24, 2.45) is 0 Å². The van der Waals surface area contributed by atoms with Crippen LogP contribution in [0.3, 0.4) is 0 Å². The predicted octanol–water partition coefficient (Wildman–Crippen LogP) is -0.358. The first-order valence-corrected chi connectivity index (χ1v) is 11.6. The summed E-state index contributed by atoms with van der Waals surface area (Å²) in [4.78, 5) is 60.5. The fourth-order valence-electron chi connectivity index (χ4n) is 1.99. The van der Waals surface area contributed by atoms with Gasteiger partial charge in [-0.15, -0.1) is 0 Å². The first-order chi connectivity index (χ1) is 12.7. The molecule has 0 amide bonds. The van der Waals surface area contributed by atoms with Crippen molar-refractivity contribution in [3.8, 4) is 0 Å². The summed E-state index contributed by atoms with van der Waals surface area (Å²) in [5.41, 5.74) is -1.11. The monoisotopic (exact) mass is 464 g/mol. The lowest BCUT2D eigenvalue weighted by Crippen LogP contribution is -2.33. The fourth-order valence-corrected chi connectivity index (χ4v) is 5.02. The molecule has 1 aliphatic heterocycles. The van der Waals surface area contributed by atoms with Crippen molar-refractivity contribution in [3.05, 3.63) is 44.8 Å². The number of aryl methyl sites for hydroxylation is 1. The number of aromatic amines is 1. The molecule has 0 radical (unpaired) electrons. The molecule has 0 spiro atoms. The molecular formula is C10H15N2O13P3. The second-order valence-corrected chi connectivity index (χ2v) is 9.74. The maximum atomic E-state index is 11.8. The molecule has 1 aromatic rings. The molecule has 2 rings (SSSR count). The molecule has 15 nitrogen and oxygen atoms in total. The highest BCUT2D eigenvalue weighted by Crippen LogP contribution is 2.66. The number of nitrogens with zero attached hydrogens (tertiary/aromatic N) is 1. The lowest BCUT2D eigenvalue weighted by Gasteiger charge is -2.19. The van der Waals surface area contributed by atoms with E-state index in [4.69, 9.17) is 19.4 Å². The van der Waals surface area contributed by atoms with Gasteiger partial charge in [0.1, 0.15) is 6.10 Å². The zero-order chi connectivity index (χ0) is 21.3. The van der Waals surface area contributed by atoms with Crippen LogP contribution >= 0.6 is 23.5 Å². The van der Waals surface area contributed by atoms with Gasteiger partial charge in [-0.3, -0.25) is 18.9 Å². The third kappa shape index (κ3) is 6.69. The van der Waals surface area contributed by atoms with E-state index < -0.39 is 53.7 Å². The van der Waals surface area contributed by atoms with Gasteiger partial charge < -0.3 is 24.3 Å². The van der Waals surface area contributed by atoms with E-state index in [0.29, 0.717) is 0 Å². The van der Waals surface area contributed by atoms with Gasteiger partial charge in [0.15, 0.2) is 6.23 Å². The molecular weight excluding hydrogens is 449 g/mol. The molecule has 4 atom stereocenters. The van der Waals surface area contributed by atoms with Crippen LogP contribution in [0.25, 0.3) is 0 Å². The maximum absolute atomic E-state index is 11.8. The van der Waals surface area contributed by atoms with Crippen molar-refractivity contribution in [2.45, 2.75) is 19.3 Å². The average Bonchev–Trinajstić information content (AvgIpc) is 2.94. The van der Waals surface area contributed by atoms with Crippen LogP contribution in [-0.2, 0) is 31.6 Å². The summed E-state index contributed by atoms with van der Waals surface area (Å²) in [6.45, 7) is 0.758. The molecule has 0 aliphatic carbocycles. The summed E-state index contributed by atoms with van der Waals surface area (Å²) in [5, 5.41) is 0. The van der Waals surface area contributed by atoms with Crippen molar-refractivity contribution < 1.29 is 51.2 Å². The Morgan fingerprint density at radius 1 is 1.11 bits per heavy atom. The van der Waals surface area contributed by atoms with Crippen molar-refractivity contribution >= 4 is 23.5 Å². The minimum Gasteiger partial charge on any atom is -0.344 e. The van der Waals surface area contributed by atoms with Gasteiger partial charge in [0.2, 0.25) is 0 Å². The van der Waals surface area contributed by atoms with Crippen LogP contribution in [0, 0.1) is 6.92 Å². The van der Waals surface area contributed by atoms with Gasteiger partial charge in [-0.2, -0.15) is 8.62 Å². The fraction of sp³-hybridized carbons (Fsp3) is 0.400. The van der Waals surface area contributed by atoms with Gasteiger partial charge in [0.25, 0.3) is 5.56 Å². The Morgan fingerprint density at radius 2 is 1.75 bits per heavy atom. The van der Waals surface area contributed by atoms with Gasteiger partial charge in [-0.1, -0.05) is 6.08 Å². The van der Waals surface area contributed by atoms with E-state index in [1.165, 1.54) is 25.3 Å². The van der Waals surface area contributed by atoms with Gasteiger partial charge in [-0.05, 0) is 13.0 Å². The van der Waals surface area contributed by atoms with Crippen molar-refractivity contribution in [3.63, 3.8) is 0 Å². The van der Waals surface area contributed by atoms with E-state index in [0.717, 1.165) is 4.57 Å². The Kier molecular flexibility index (Phi) is 6.81. The molecule has 5 N–H and O–H groups in total. The highest BCUT2D eigenvalue weighted by Gasteiger charge is 2.41. The normalized spacial score (nSPS) is 24.0. The first kappa shape index (κ1) is 23.1. The number of phosphoric acid groups is 3. The molecule has 1 aliphatic rings. The molecule has 2 unspecified atom stereocenters. The van der Waals surface area contributed by atoms with Crippen molar-refractivity contribution in [1.29, 1.82) is 0 Å². The number of aromatic nitrogens is 2. The molecule has 0 bridgehead atoms. The number of rotatable bonds is 8. The SMILES string of the molecule is Cc1cn([C@H]2C=C[C@H](COP(=O)(O)OP(=O)(O)OP(=O)(O)O)O2)c(=O)[nH]c1=O. The molecule has 0 aromatic carbocycles. The average molecular weight is 464 g/mol. The van der Waals surface area contributed by atoms with E-state index >= 15 is 0 Å². The third-order valence-corrected chi connectivity index (χ3v) is 6.85. The summed E-state index contributed by atoms with van der Waals surface area (Å²) >= 11 is 0. The van der Waals surface area contributed by atoms with Crippen LogP contribution in [0.5, 0.6) is 0 Å². The van der Waals surface area contributed by atoms with Crippen LogP contribution in [-0.4, -0.2) is 41.8 Å². The lowest BCUT2D eigenvalue weighted by molar-refractivity contribution is -0.0105. The maximum Gasteiger partial charge on any atom is 0.490 e. The van der Waals surface area contributed by atoms with Gasteiger partial charge in [-0.25, -0.2) is 18.5 Å². The second kappa shape index (κ2) is 8.27. The lowest BCUT2D eigenvalue weighted by atomic mass is 10.3. The van der Waals surface area contributed by atoms with Gasteiger partial charge in [0.05, 0.1) is 6.61 Å². The summed E-state index contributed by atoms with van der Waals surface area (Å²) in [6.07, 6.45) is 1.97. The molecule has 0 saturated heterocycles.